The first-order chi connectivity index (χ1) is 15.1. The van der Waals surface area contributed by atoms with E-state index in [0.717, 1.165) is 24.1 Å². The molecule has 0 N–H and O–H groups in total. The smallest absolute Gasteiger partial charge is 0.263 e. The van der Waals surface area contributed by atoms with Crippen molar-refractivity contribution in [1.82, 2.24) is 4.57 Å². The van der Waals surface area contributed by atoms with Gasteiger partial charge in [0.15, 0.2) is 0 Å². The van der Waals surface area contributed by atoms with Crippen molar-refractivity contribution in [3.05, 3.63) is 88.3 Å². The molecule has 0 fully saturated rings. The van der Waals surface area contributed by atoms with Gasteiger partial charge in [0.05, 0.1) is 20.8 Å². The number of ether oxygens (including phenoxy) is 2. The van der Waals surface area contributed by atoms with Crippen LogP contribution in [0.5, 0.6) is 11.5 Å². The number of amides is 1. The number of benzene rings is 2. The van der Waals surface area contributed by atoms with Crippen molar-refractivity contribution in [3.8, 4) is 11.5 Å². The average molecular weight is 421 g/mol. The summed E-state index contributed by atoms with van der Waals surface area (Å²) < 4.78 is 12.2. The van der Waals surface area contributed by atoms with Gasteiger partial charge in [0, 0.05) is 24.5 Å². The number of nitrogens with zero attached hydrogens (tertiary/aromatic N) is 2. The fourth-order valence-corrected chi connectivity index (χ4v) is 3.40. The Morgan fingerprint density at radius 2 is 1.65 bits per heavy atom. The molecule has 3 rings (SSSR count). The minimum Gasteiger partial charge on any atom is -0.497 e. The number of para-hydroxylation sites is 1. The fourth-order valence-electron chi connectivity index (χ4n) is 3.40. The van der Waals surface area contributed by atoms with Crippen LogP contribution in [0.15, 0.2) is 71.7 Å². The Labute approximate surface area is 182 Å². The van der Waals surface area contributed by atoms with Gasteiger partial charge in [-0.3, -0.25) is 9.59 Å². The lowest BCUT2D eigenvalue weighted by molar-refractivity contribution is 0.0984. The third-order valence-electron chi connectivity index (χ3n) is 5.06. The van der Waals surface area contributed by atoms with E-state index in [4.69, 9.17) is 9.47 Å². The molecular weight excluding hydrogens is 392 g/mol. The number of carbonyl (C=O) groups excluding carboxylic acids is 1. The van der Waals surface area contributed by atoms with Gasteiger partial charge in [-0.25, -0.2) is 0 Å². The molecule has 6 nitrogen and oxygen atoms in total. The van der Waals surface area contributed by atoms with E-state index in [0.29, 0.717) is 24.6 Å². The van der Waals surface area contributed by atoms with Gasteiger partial charge in [-0.05, 0) is 48.4 Å². The molecule has 0 saturated heterocycles. The molecule has 0 atom stereocenters. The largest absolute Gasteiger partial charge is 0.497 e. The molecular formula is C25H28N2O4. The highest BCUT2D eigenvalue weighted by Crippen LogP contribution is 2.23. The van der Waals surface area contributed by atoms with Gasteiger partial charge in [0.25, 0.3) is 11.5 Å². The Kier molecular flexibility index (Phi) is 7.49. The summed E-state index contributed by atoms with van der Waals surface area (Å²) in [6, 6.07) is 18.3. The number of carbonyl (C=O) groups is 1. The Morgan fingerprint density at radius 1 is 0.968 bits per heavy atom. The van der Waals surface area contributed by atoms with Gasteiger partial charge < -0.3 is 18.9 Å². The molecule has 1 heterocycles. The van der Waals surface area contributed by atoms with E-state index in [1.807, 2.05) is 42.5 Å². The van der Waals surface area contributed by atoms with Crippen molar-refractivity contribution >= 4 is 11.6 Å². The zero-order valence-corrected chi connectivity index (χ0v) is 18.2. The molecule has 0 spiro atoms. The maximum absolute atomic E-state index is 13.4. The van der Waals surface area contributed by atoms with E-state index in [-0.39, 0.29) is 17.0 Å². The van der Waals surface area contributed by atoms with E-state index in [1.54, 1.807) is 43.5 Å². The lowest BCUT2D eigenvalue weighted by Crippen LogP contribution is -2.37. The van der Waals surface area contributed by atoms with Crippen molar-refractivity contribution < 1.29 is 14.3 Å². The summed E-state index contributed by atoms with van der Waals surface area (Å²) in [5.74, 6) is 0.996. The maximum atomic E-state index is 13.4. The highest BCUT2D eigenvalue weighted by Gasteiger charge is 2.21. The van der Waals surface area contributed by atoms with Crippen LogP contribution in [0, 0.1) is 0 Å². The highest BCUT2D eigenvalue weighted by molar-refractivity contribution is 6.05. The quantitative estimate of drug-likeness (QED) is 0.516. The molecule has 162 valence electrons. The van der Waals surface area contributed by atoms with Crippen molar-refractivity contribution in [2.45, 2.75) is 26.3 Å². The summed E-state index contributed by atoms with van der Waals surface area (Å²) in [5, 5.41) is 0. The number of pyridine rings is 1. The van der Waals surface area contributed by atoms with Crippen LogP contribution in [0.1, 0.15) is 35.7 Å². The topological polar surface area (TPSA) is 60.8 Å². The monoisotopic (exact) mass is 420 g/mol. The molecule has 2 aromatic carbocycles. The van der Waals surface area contributed by atoms with E-state index < -0.39 is 0 Å². The summed E-state index contributed by atoms with van der Waals surface area (Å²) >= 11 is 0. The zero-order chi connectivity index (χ0) is 22.2. The van der Waals surface area contributed by atoms with Gasteiger partial charge in [0.2, 0.25) is 0 Å². The summed E-state index contributed by atoms with van der Waals surface area (Å²) in [7, 11) is 3.16. The Balaban J connectivity index is 1.94. The highest BCUT2D eigenvalue weighted by atomic mass is 16.5. The van der Waals surface area contributed by atoms with Crippen LogP contribution in [0.4, 0.5) is 5.69 Å². The fraction of sp³-hybridized carbons (Fsp3) is 0.280. The van der Waals surface area contributed by atoms with Gasteiger partial charge in [-0.2, -0.15) is 0 Å². The molecule has 1 aromatic heterocycles. The number of aromatic nitrogens is 1. The van der Waals surface area contributed by atoms with E-state index in [1.165, 1.54) is 4.57 Å². The molecule has 0 aliphatic carbocycles. The van der Waals surface area contributed by atoms with Crippen LogP contribution >= 0.6 is 0 Å². The molecule has 3 aromatic rings. The predicted octanol–water partition coefficient (Wildman–Crippen LogP) is 4.36. The van der Waals surface area contributed by atoms with Gasteiger partial charge in [-0.15, -0.1) is 0 Å². The molecule has 31 heavy (non-hydrogen) atoms. The average Bonchev–Trinajstić information content (AvgIpc) is 2.81. The molecule has 0 unspecified atom stereocenters. The molecule has 0 saturated carbocycles. The maximum Gasteiger partial charge on any atom is 0.263 e. The lowest BCUT2D eigenvalue weighted by Gasteiger charge is -2.23. The van der Waals surface area contributed by atoms with Crippen molar-refractivity contribution in [1.29, 1.82) is 0 Å². The van der Waals surface area contributed by atoms with Gasteiger partial charge >= 0.3 is 0 Å². The second-order valence-electron chi connectivity index (χ2n) is 7.22. The molecule has 0 radical (unpaired) electrons. The van der Waals surface area contributed by atoms with E-state index >= 15 is 0 Å². The predicted molar refractivity (Wildman–Crippen MR) is 122 cm³/mol. The Hall–Kier alpha value is -3.54. The first-order valence-electron chi connectivity index (χ1n) is 10.4. The second kappa shape index (κ2) is 10.5. The third-order valence-corrected chi connectivity index (χ3v) is 5.06. The van der Waals surface area contributed by atoms with Crippen molar-refractivity contribution in [3.63, 3.8) is 0 Å². The molecule has 0 aliphatic rings. The standard InChI is InChI=1S/C25H28N2O4/c1-4-5-14-27(20-10-7-6-8-11-20)25(29)23-12-9-13-26(24(23)28)18-19-15-21(30-2)17-22(16-19)31-3/h6-13,15-17H,4-5,14,18H2,1-3H3. The number of hydrogen-bond acceptors (Lipinski definition) is 4. The number of unbranched alkanes of at least 4 members (excludes halogenated alkanes) is 1. The van der Waals surface area contributed by atoms with Gasteiger partial charge in [0.1, 0.15) is 17.1 Å². The lowest BCUT2D eigenvalue weighted by atomic mass is 10.1. The minimum absolute atomic E-state index is 0.150. The number of methoxy groups -OCH3 is 2. The molecule has 6 heteroatoms. The van der Waals surface area contributed by atoms with Crippen molar-refractivity contribution in [2.75, 3.05) is 25.7 Å². The summed E-state index contributed by atoms with van der Waals surface area (Å²) in [4.78, 5) is 28.2. The van der Waals surface area contributed by atoms with Gasteiger partial charge in [-0.1, -0.05) is 31.5 Å². The molecule has 0 bridgehead atoms. The van der Waals surface area contributed by atoms with Crippen LogP contribution in [-0.4, -0.2) is 31.2 Å². The zero-order valence-electron chi connectivity index (χ0n) is 18.2. The molecule has 0 aliphatic heterocycles. The van der Waals surface area contributed by atoms with Crippen LogP contribution in [0.3, 0.4) is 0 Å². The first kappa shape index (κ1) is 22.2. The molecule has 1 amide bonds. The summed E-state index contributed by atoms with van der Waals surface area (Å²) in [6.45, 7) is 2.93. The Bertz CT molecular complexity index is 1050. The second-order valence-corrected chi connectivity index (χ2v) is 7.22. The van der Waals surface area contributed by atoms with E-state index in [9.17, 15) is 9.59 Å². The normalized spacial score (nSPS) is 10.5. The van der Waals surface area contributed by atoms with Crippen molar-refractivity contribution in [2.24, 2.45) is 0 Å². The Morgan fingerprint density at radius 3 is 2.26 bits per heavy atom. The minimum atomic E-state index is -0.327. The number of anilines is 1. The SMILES string of the molecule is CCCCN(C(=O)c1cccn(Cc2cc(OC)cc(OC)c2)c1=O)c1ccccc1. The number of rotatable bonds is 9. The van der Waals surface area contributed by atoms with Crippen LogP contribution in [0.25, 0.3) is 0 Å². The third kappa shape index (κ3) is 5.34. The first-order valence-corrected chi connectivity index (χ1v) is 10.4. The van der Waals surface area contributed by atoms with Crippen LogP contribution in [-0.2, 0) is 6.54 Å². The van der Waals surface area contributed by atoms with Crippen LogP contribution in [0.2, 0.25) is 0 Å². The number of hydrogen-bond donors (Lipinski definition) is 0. The van der Waals surface area contributed by atoms with E-state index in [2.05, 4.69) is 6.92 Å². The van der Waals surface area contributed by atoms with Crippen LogP contribution < -0.4 is 19.9 Å². The summed E-state index contributed by atoms with van der Waals surface area (Å²) in [5.41, 5.74) is 1.45. The summed E-state index contributed by atoms with van der Waals surface area (Å²) in [6.07, 6.45) is 3.49.